The summed E-state index contributed by atoms with van der Waals surface area (Å²) >= 11 is 0. The first-order valence-corrected chi connectivity index (χ1v) is 16.9. The number of likely N-dealkylation sites (tertiary alicyclic amines) is 1. The maximum absolute atomic E-state index is 11.4. The van der Waals surface area contributed by atoms with Gasteiger partial charge in [-0.1, -0.05) is 53.4 Å². The minimum absolute atomic E-state index is 0.202. The van der Waals surface area contributed by atoms with E-state index in [1.54, 1.807) is 4.90 Å². The van der Waals surface area contributed by atoms with E-state index in [4.69, 9.17) is 33.8 Å². The summed E-state index contributed by atoms with van der Waals surface area (Å²) in [5, 5.41) is 42.2. The second-order valence-corrected chi connectivity index (χ2v) is 12.1. The van der Waals surface area contributed by atoms with Crippen LogP contribution in [0.1, 0.15) is 98.3 Å². The van der Waals surface area contributed by atoms with Gasteiger partial charge < -0.3 is 64.6 Å². The van der Waals surface area contributed by atoms with Crippen LogP contribution in [0.25, 0.3) is 0 Å². The molecular formula is C31H66N8O8. The van der Waals surface area contributed by atoms with E-state index < -0.39 is 60.4 Å². The number of amides is 4. The molecule has 0 bridgehead atoms. The lowest BCUT2D eigenvalue weighted by Gasteiger charge is -2.33. The molecule has 2 fully saturated rings. The average molecular weight is 679 g/mol. The Bertz CT molecular complexity index is 878. The van der Waals surface area contributed by atoms with Crippen molar-refractivity contribution in [2.24, 2.45) is 28.7 Å². The number of aliphatic hydroxyl groups is 4. The number of nitrogens with zero attached hydrogens (tertiary/aromatic N) is 1. The molecule has 1 aliphatic carbocycles. The number of aliphatic hydroxyl groups excluding tert-OH is 4. The molecule has 1 saturated heterocycles. The second kappa shape index (κ2) is 26.5. The number of nitrogens with one attached hydrogen (secondary N) is 2. The van der Waals surface area contributed by atoms with Crippen molar-refractivity contribution < 1.29 is 39.6 Å². The normalized spacial score (nSPS) is 18.6. The highest BCUT2D eigenvalue weighted by molar-refractivity contribution is 5.82. The van der Waals surface area contributed by atoms with Crippen LogP contribution in [0.15, 0.2) is 0 Å². The van der Waals surface area contributed by atoms with E-state index in [1.165, 1.54) is 7.05 Å². The third-order valence-corrected chi connectivity index (χ3v) is 7.53. The molecule has 4 amide bonds. The first-order valence-electron chi connectivity index (χ1n) is 16.9. The zero-order valence-electron chi connectivity index (χ0n) is 29.1. The van der Waals surface area contributed by atoms with Gasteiger partial charge in [0, 0.05) is 50.3 Å². The van der Waals surface area contributed by atoms with E-state index in [9.17, 15) is 34.5 Å². The van der Waals surface area contributed by atoms with Gasteiger partial charge in [-0.25, -0.2) is 0 Å². The van der Waals surface area contributed by atoms with Crippen molar-refractivity contribution in [3.63, 3.8) is 0 Å². The second-order valence-electron chi connectivity index (χ2n) is 12.1. The molecule has 2 aliphatic rings. The summed E-state index contributed by atoms with van der Waals surface area (Å²) in [6.45, 7) is 9.39. The monoisotopic (exact) mass is 679 g/mol. The van der Waals surface area contributed by atoms with Gasteiger partial charge in [0.1, 0.15) is 24.4 Å². The fourth-order valence-electron chi connectivity index (χ4n) is 4.13. The molecule has 0 spiro atoms. The highest BCUT2D eigenvalue weighted by Gasteiger charge is 2.30. The van der Waals surface area contributed by atoms with Crippen molar-refractivity contribution in [2.75, 3.05) is 20.1 Å². The number of carbonyl (C=O) groups excluding carboxylic acids is 4. The van der Waals surface area contributed by atoms with Crippen LogP contribution in [-0.2, 0) is 19.2 Å². The molecule has 1 saturated carbocycles. The SMILES string of the molecule is CCCC(N)C(O)C(=O)N1CCC1.CCCC(N)C(O)C(=O)NC.CCCC(N)C(O)C(=O)NC1CC1.CCCC(N)C(O)C(N)=O. The Balaban J connectivity index is 0. The van der Waals surface area contributed by atoms with Gasteiger partial charge in [0.25, 0.3) is 11.8 Å². The van der Waals surface area contributed by atoms with Crippen LogP contribution in [0.2, 0.25) is 0 Å². The zero-order chi connectivity index (χ0) is 36.7. The average Bonchev–Trinajstić information content (AvgIpc) is 3.83. The fourth-order valence-corrected chi connectivity index (χ4v) is 4.13. The number of hydrogen-bond donors (Lipinski definition) is 11. The first kappa shape index (κ1) is 46.7. The molecular weight excluding hydrogens is 612 g/mol. The van der Waals surface area contributed by atoms with Crippen LogP contribution in [0.5, 0.6) is 0 Å². The van der Waals surface area contributed by atoms with Crippen molar-refractivity contribution >= 4 is 23.6 Å². The van der Waals surface area contributed by atoms with Gasteiger partial charge in [-0.3, -0.25) is 19.2 Å². The Kier molecular flexibility index (Phi) is 26.3. The summed E-state index contributed by atoms with van der Waals surface area (Å²) < 4.78 is 0. The van der Waals surface area contributed by atoms with Crippen LogP contribution >= 0.6 is 0 Å². The number of rotatable bonds is 17. The summed E-state index contributed by atoms with van der Waals surface area (Å²) in [5.74, 6) is -1.68. The smallest absolute Gasteiger partial charge is 0.253 e. The van der Waals surface area contributed by atoms with E-state index in [0.29, 0.717) is 25.7 Å². The predicted octanol–water partition coefficient (Wildman–Crippen LogP) is -2.36. The van der Waals surface area contributed by atoms with Gasteiger partial charge in [0.15, 0.2) is 0 Å². The maximum atomic E-state index is 11.4. The summed E-state index contributed by atoms with van der Waals surface area (Å²) in [6.07, 6.45) is 4.94. The van der Waals surface area contributed by atoms with E-state index in [2.05, 4.69) is 10.6 Å². The summed E-state index contributed by atoms with van der Waals surface area (Å²) in [4.78, 5) is 45.5. The molecule has 47 heavy (non-hydrogen) atoms. The molecule has 0 aromatic rings. The molecule has 0 radical (unpaired) electrons. The lowest BCUT2D eigenvalue weighted by atomic mass is 10.0. The topological polar surface area (TPSA) is 307 Å². The van der Waals surface area contributed by atoms with Gasteiger partial charge in [-0.15, -0.1) is 0 Å². The Hall–Kier alpha value is -2.44. The van der Waals surface area contributed by atoms with E-state index in [0.717, 1.165) is 58.0 Å². The standard InChI is InChI=1S/2C9H18N2O2.C7H16N2O2.C6H14N2O2/c1-2-4-7(10)8(12)9(13)11-5-3-6-11;1-2-3-7(10)8(12)9(13)11-6-4-5-6;1-3-4-5(8)6(10)7(11)9-2;1-2-3-4(7)5(9)6(8)10/h7-8,12H,2-6,10H2,1H3;6-8,12H,2-5,10H2,1H3,(H,11,13);5-6,10H,3-4,8H2,1-2H3,(H,9,11);4-5,9H,2-3,7H2,1H3,(H2,8,10). The van der Waals surface area contributed by atoms with Crippen LogP contribution in [0.3, 0.4) is 0 Å². The molecule has 1 aliphatic heterocycles. The Morgan fingerprint density at radius 3 is 1.32 bits per heavy atom. The summed E-state index contributed by atoms with van der Waals surface area (Å²) in [5.41, 5.74) is 26.9. The highest BCUT2D eigenvalue weighted by atomic mass is 16.3. The molecule has 1 heterocycles. The molecule has 16 heteroatoms. The molecule has 8 unspecified atom stereocenters. The van der Waals surface area contributed by atoms with E-state index in [-0.39, 0.29) is 17.9 Å². The molecule has 2 rings (SSSR count). The molecule has 16 N–H and O–H groups in total. The van der Waals surface area contributed by atoms with Crippen LogP contribution in [0.4, 0.5) is 0 Å². The van der Waals surface area contributed by atoms with Gasteiger partial charge in [-0.05, 0) is 44.9 Å². The molecule has 0 aromatic heterocycles. The van der Waals surface area contributed by atoms with Gasteiger partial charge in [0.05, 0.1) is 0 Å². The quantitative estimate of drug-likeness (QED) is 0.0770. The van der Waals surface area contributed by atoms with Crippen LogP contribution < -0.4 is 39.3 Å². The first-order chi connectivity index (χ1) is 22.0. The van der Waals surface area contributed by atoms with Gasteiger partial charge >= 0.3 is 0 Å². The number of likely N-dealkylation sites (N-methyl/N-ethyl adjacent to an activating group) is 1. The van der Waals surface area contributed by atoms with Crippen molar-refractivity contribution in [1.29, 1.82) is 0 Å². The van der Waals surface area contributed by atoms with E-state index in [1.807, 2.05) is 27.7 Å². The number of carbonyl (C=O) groups is 4. The summed E-state index contributed by atoms with van der Waals surface area (Å²) in [6, 6.07) is -1.50. The largest absolute Gasteiger partial charge is 0.382 e. The predicted molar refractivity (Wildman–Crippen MR) is 181 cm³/mol. The lowest BCUT2D eigenvalue weighted by molar-refractivity contribution is -0.145. The minimum atomic E-state index is -1.19. The minimum Gasteiger partial charge on any atom is -0.382 e. The van der Waals surface area contributed by atoms with Gasteiger partial charge in [0.2, 0.25) is 11.8 Å². The number of nitrogens with two attached hydrogens (primary N) is 5. The van der Waals surface area contributed by atoms with Crippen molar-refractivity contribution in [3.05, 3.63) is 0 Å². The van der Waals surface area contributed by atoms with Crippen molar-refractivity contribution in [1.82, 2.24) is 15.5 Å². The van der Waals surface area contributed by atoms with Crippen molar-refractivity contribution in [2.45, 2.75) is 153 Å². The lowest BCUT2D eigenvalue weighted by Crippen LogP contribution is -2.52. The number of primary amides is 1. The Morgan fingerprint density at radius 2 is 1.02 bits per heavy atom. The van der Waals surface area contributed by atoms with Crippen molar-refractivity contribution in [3.8, 4) is 0 Å². The third-order valence-electron chi connectivity index (χ3n) is 7.53. The maximum Gasteiger partial charge on any atom is 0.253 e. The number of hydrogen-bond acceptors (Lipinski definition) is 12. The van der Waals surface area contributed by atoms with Crippen LogP contribution in [-0.4, -0.2) is 124 Å². The highest BCUT2D eigenvalue weighted by Crippen LogP contribution is 2.19. The summed E-state index contributed by atoms with van der Waals surface area (Å²) in [7, 11) is 1.48. The van der Waals surface area contributed by atoms with E-state index >= 15 is 0 Å². The molecule has 16 nitrogen and oxygen atoms in total. The Labute approximate surface area is 280 Å². The zero-order valence-corrected chi connectivity index (χ0v) is 29.1. The van der Waals surface area contributed by atoms with Crippen LogP contribution in [0, 0.1) is 0 Å². The third kappa shape index (κ3) is 20.5. The fraction of sp³-hybridized carbons (Fsp3) is 0.871. The molecule has 278 valence electrons. The van der Waals surface area contributed by atoms with Gasteiger partial charge in [-0.2, -0.15) is 0 Å². The molecule has 0 aromatic carbocycles. The molecule has 8 atom stereocenters. The Morgan fingerprint density at radius 1 is 0.660 bits per heavy atom.